The van der Waals surface area contributed by atoms with Crippen molar-refractivity contribution in [1.82, 2.24) is 5.32 Å². The molecule has 1 aromatic rings. The fourth-order valence-corrected chi connectivity index (χ4v) is 2.75. The summed E-state index contributed by atoms with van der Waals surface area (Å²) in [5.41, 5.74) is 0.792. The topological polar surface area (TPSA) is 110 Å². The molecule has 7 heteroatoms. The quantitative estimate of drug-likeness (QED) is 0.655. The summed E-state index contributed by atoms with van der Waals surface area (Å²) in [5.74, 6) is -1.49. The molecule has 1 fully saturated rings. The summed E-state index contributed by atoms with van der Waals surface area (Å²) in [6.07, 6.45) is 2.29. The smallest absolute Gasteiger partial charge is 0.306 e. The standard InChI is InChI=1S/C15H18N2O5/c1-9-6-11(8-13(7-9)17(21)22)14(18)16-12-4-2-10(3-5-12)15(19)20/h6-8,10,12H,2-5H2,1H3,(H,16,18)(H,19,20). The Morgan fingerprint density at radius 2 is 1.86 bits per heavy atom. The van der Waals surface area contributed by atoms with Crippen molar-refractivity contribution in [3.8, 4) is 0 Å². The monoisotopic (exact) mass is 306 g/mol. The molecule has 1 amide bonds. The fourth-order valence-electron chi connectivity index (χ4n) is 2.75. The van der Waals surface area contributed by atoms with Crippen LogP contribution in [0.4, 0.5) is 5.69 Å². The Morgan fingerprint density at radius 1 is 1.23 bits per heavy atom. The second-order valence-corrected chi connectivity index (χ2v) is 5.67. The number of benzene rings is 1. The van der Waals surface area contributed by atoms with Gasteiger partial charge in [-0.3, -0.25) is 19.7 Å². The average Bonchev–Trinajstić information content (AvgIpc) is 2.47. The molecule has 0 bridgehead atoms. The van der Waals surface area contributed by atoms with Crippen LogP contribution in [-0.2, 0) is 4.79 Å². The van der Waals surface area contributed by atoms with Crippen LogP contribution in [0.1, 0.15) is 41.6 Å². The normalized spacial score (nSPS) is 21.1. The second-order valence-electron chi connectivity index (χ2n) is 5.67. The first-order valence-corrected chi connectivity index (χ1v) is 7.16. The molecule has 0 unspecified atom stereocenters. The number of nitro groups is 1. The van der Waals surface area contributed by atoms with Gasteiger partial charge in [-0.15, -0.1) is 0 Å². The van der Waals surface area contributed by atoms with Gasteiger partial charge < -0.3 is 10.4 Å². The number of nitrogens with zero attached hydrogens (tertiary/aromatic N) is 1. The summed E-state index contributed by atoms with van der Waals surface area (Å²) in [6, 6.07) is 4.19. The number of non-ortho nitro benzene ring substituents is 1. The van der Waals surface area contributed by atoms with Crippen LogP contribution in [0.15, 0.2) is 18.2 Å². The van der Waals surface area contributed by atoms with Crippen molar-refractivity contribution < 1.29 is 19.6 Å². The number of amides is 1. The minimum Gasteiger partial charge on any atom is -0.481 e. The highest BCUT2D eigenvalue weighted by atomic mass is 16.6. The molecule has 2 rings (SSSR count). The Kier molecular flexibility index (Phi) is 4.75. The predicted molar refractivity (Wildman–Crippen MR) is 78.7 cm³/mol. The number of aryl methyl sites for hydroxylation is 1. The van der Waals surface area contributed by atoms with Gasteiger partial charge in [-0.05, 0) is 44.2 Å². The van der Waals surface area contributed by atoms with Crippen molar-refractivity contribution >= 4 is 17.6 Å². The number of carboxylic acids is 1. The van der Waals surface area contributed by atoms with Crippen molar-refractivity contribution in [3.05, 3.63) is 39.4 Å². The molecule has 0 spiro atoms. The summed E-state index contributed by atoms with van der Waals surface area (Å²) >= 11 is 0. The van der Waals surface area contributed by atoms with E-state index in [4.69, 9.17) is 5.11 Å². The lowest BCUT2D eigenvalue weighted by Crippen LogP contribution is -2.38. The van der Waals surface area contributed by atoms with Gasteiger partial charge in [-0.2, -0.15) is 0 Å². The lowest BCUT2D eigenvalue weighted by Gasteiger charge is -2.26. The Morgan fingerprint density at radius 3 is 2.41 bits per heavy atom. The van der Waals surface area contributed by atoms with Crippen molar-refractivity contribution in [2.24, 2.45) is 5.92 Å². The van der Waals surface area contributed by atoms with E-state index >= 15 is 0 Å². The SMILES string of the molecule is Cc1cc(C(=O)NC2CCC(C(=O)O)CC2)cc([N+](=O)[O-])c1. The number of hydrogen-bond acceptors (Lipinski definition) is 4. The van der Waals surface area contributed by atoms with Crippen molar-refractivity contribution in [2.75, 3.05) is 0 Å². The van der Waals surface area contributed by atoms with E-state index in [0.717, 1.165) is 0 Å². The Labute approximate surface area is 127 Å². The number of rotatable bonds is 4. The van der Waals surface area contributed by atoms with E-state index < -0.39 is 10.9 Å². The van der Waals surface area contributed by atoms with Gasteiger partial charge in [0.25, 0.3) is 11.6 Å². The largest absolute Gasteiger partial charge is 0.481 e. The molecule has 0 aliphatic heterocycles. The van der Waals surface area contributed by atoms with Crippen LogP contribution in [0.2, 0.25) is 0 Å². The molecule has 1 aliphatic carbocycles. The maximum absolute atomic E-state index is 12.2. The molecule has 0 saturated heterocycles. The molecule has 118 valence electrons. The van der Waals surface area contributed by atoms with Crippen LogP contribution in [0.25, 0.3) is 0 Å². The van der Waals surface area contributed by atoms with Crippen molar-refractivity contribution in [2.45, 2.75) is 38.6 Å². The van der Waals surface area contributed by atoms with Gasteiger partial charge in [0.05, 0.1) is 10.8 Å². The van der Waals surface area contributed by atoms with Crippen molar-refractivity contribution in [1.29, 1.82) is 0 Å². The molecule has 0 atom stereocenters. The van der Waals surface area contributed by atoms with Crippen LogP contribution in [-0.4, -0.2) is 27.9 Å². The molecular weight excluding hydrogens is 288 g/mol. The molecule has 0 aromatic heterocycles. The van der Waals surface area contributed by atoms with Crippen molar-refractivity contribution in [3.63, 3.8) is 0 Å². The summed E-state index contributed by atoms with van der Waals surface area (Å²) in [6.45, 7) is 1.70. The maximum Gasteiger partial charge on any atom is 0.306 e. The third-order valence-electron chi connectivity index (χ3n) is 3.95. The van der Waals surface area contributed by atoms with Gasteiger partial charge in [0.2, 0.25) is 0 Å². The third-order valence-corrected chi connectivity index (χ3v) is 3.95. The number of aliphatic carboxylic acids is 1. The van der Waals surface area contributed by atoms with E-state index in [1.807, 2.05) is 0 Å². The molecule has 2 N–H and O–H groups in total. The summed E-state index contributed by atoms with van der Waals surface area (Å²) in [7, 11) is 0. The van der Waals surface area contributed by atoms with Gasteiger partial charge in [0, 0.05) is 23.7 Å². The number of nitrogens with one attached hydrogen (secondary N) is 1. The third kappa shape index (κ3) is 3.81. The van der Waals surface area contributed by atoms with Crippen LogP contribution in [0, 0.1) is 23.0 Å². The molecule has 0 heterocycles. The molecule has 1 saturated carbocycles. The van der Waals surface area contributed by atoms with E-state index in [-0.39, 0.29) is 29.1 Å². The molecule has 22 heavy (non-hydrogen) atoms. The van der Waals surface area contributed by atoms with Gasteiger partial charge in [-0.25, -0.2) is 0 Å². The van der Waals surface area contributed by atoms with Gasteiger partial charge >= 0.3 is 5.97 Å². The maximum atomic E-state index is 12.2. The second kappa shape index (κ2) is 6.55. The van der Waals surface area contributed by atoms with Crippen LogP contribution in [0.5, 0.6) is 0 Å². The van der Waals surface area contributed by atoms with E-state index in [0.29, 0.717) is 31.2 Å². The zero-order chi connectivity index (χ0) is 16.3. The highest BCUT2D eigenvalue weighted by Gasteiger charge is 2.27. The van der Waals surface area contributed by atoms with Crippen LogP contribution < -0.4 is 5.32 Å². The predicted octanol–water partition coefficient (Wildman–Crippen LogP) is 2.28. The van der Waals surface area contributed by atoms with Gasteiger partial charge in [0.1, 0.15) is 0 Å². The average molecular weight is 306 g/mol. The lowest BCUT2D eigenvalue weighted by atomic mass is 9.86. The van der Waals surface area contributed by atoms with Crippen LogP contribution in [0.3, 0.4) is 0 Å². The number of carboxylic acid groups (broad SMARTS) is 1. The molecule has 7 nitrogen and oxygen atoms in total. The summed E-state index contributed by atoms with van der Waals surface area (Å²) in [4.78, 5) is 33.4. The minimum atomic E-state index is -0.793. The summed E-state index contributed by atoms with van der Waals surface area (Å²) < 4.78 is 0. The number of nitro benzene ring substituents is 1. The molecule has 1 aliphatic rings. The fraction of sp³-hybridized carbons (Fsp3) is 0.467. The van der Waals surface area contributed by atoms with Crippen LogP contribution >= 0.6 is 0 Å². The zero-order valence-corrected chi connectivity index (χ0v) is 12.2. The highest BCUT2D eigenvalue weighted by molar-refractivity contribution is 5.95. The first-order chi connectivity index (χ1) is 10.4. The first kappa shape index (κ1) is 15.9. The Bertz CT molecular complexity index is 606. The number of carbonyl (C=O) groups is 2. The Hall–Kier alpha value is -2.44. The number of carbonyl (C=O) groups excluding carboxylic acids is 1. The molecule has 0 radical (unpaired) electrons. The summed E-state index contributed by atoms with van der Waals surface area (Å²) in [5, 5.41) is 22.6. The van der Waals surface area contributed by atoms with E-state index in [9.17, 15) is 19.7 Å². The zero-order valence-electron chi connectivity index (χ0n) is 12.2. The first-order valence-electron chi connectivity index (χ1n) is 7.16. The Balaban J connectivity index is 2.01. The van der Waals surface area contributed by atoms with Gasteiger partial charge in [-0.1, -0.05) is 0 Å². The number of hydrogen-bond donors (Lipinski definition) is 2. The minimum absolute atomic E-state index is 0.0809. The van der Waals surface area contributed by atoms with Gasteiger partial charge in [0.15, 0.2) is 0 Å². The van der Waals surface area contributed by atoms with E-state index in [1.54, 1.807) is 13.0 Å². The highest BCUT2D eigenvalue weighted by Crippen LogP contribution is 2.25. The lowest BCUT2D eigenvalue weighted by molar-refractivity contribution is -0.384. The van der Waals surface area contributed by atoms with E-state index in [1.165, 1.54) is 12.1 Å². The molecule has 1 aromatic carbocycles. The van der Waals surface area contributed by atoms with E-state index in [2.05, 4.69) is 5.32 Å². The molecular formula is C15H18N2O5.